The van der Waals surface area contributed by atoms with E-state index in [0.717, 1.165) is 6.54 Å². The quantitative estimate of drug-likeness (QED) is 0.791. The van der Waals surface area contributed by atoms with Crippen molar-refractivity contribution in [3.63, 3.8) is 0 Å². The minimum atomic E-state index is -0.573. The van der Waals surface area contributed by atoms with Crippen LogP contribution in [-0.2, 0) is 0 Å². The van der Waals surface area contributed by atoms with E-state index in [1.54, 1.807) is 0 Å². The number of nitrogens with one attached hydrogen (secondary N) is 1. The van der Waals surface area contributed by atoms with Crippen molar-refractivity contribution in [1.29, 1.82) is 0 Å². The van der Waals surface area contributed by atoms with Gasteiger partial charge in [0.15, 0.2) is 23.3 Å². The van der Waals surface area contributed by atoms with Crippen LogP contribution in [0.2, 0.25) is 0 Å². The smallest absolute Gasteiger partial charge is 0.186 e. The maximum Gasteiger partial charge on any atom is 0.186 e. The fraction of sp³-hybridized carbons (Fsp3) is 0.583. The molecule has 1 aromatic heterocycles. The van der Waals surface area contributed by atoms with Crippen molar-refractivity contribution in [2.75, 3.05) is 17.6 Å². The first kappa shape index (κ1) is 14.3. The number of aliphatic imine (C=N–C) groups is 1. The summed E-state index contributed by atoms with van der Waals surface area (Å²) >= 11 is 0. The molecule has 1 heterocycles. The van der Waals surface area contributed by atoms with E-state index in [0.29, 0.717) is 17.7 Å². The highest BCUT2D eigenvalue weighted by Crippen LogP contribution is 2.28. The molecule has 5 nitrogen and oxygen atoms in total. The fourth-order valence-corrected chi connectivity index (χ4v) is 1.28. The molecule has 1 atom stereocenters. The van der Waals surface area contributed by atoms with Crippen LogP contribution in [-0.4, -0.2) is 22.5 Å². The third-order valence-corrected chi connectivity index (χ3v) is 2.85. The van der Waals surface area contributed by atoms with E-state index < -0.39 is 5.97 Å². The van der Waals surface area contributed by atoms with Crippen molar-refractivity contribution in [3.05, 3.63) is 6.33 Å². The third-order valence-electron chi connectivity index (χ3n) is 2.85. The van der Waals surface area contributed by atoms with Crippen LogP contribution in [0.15, 0.2) is 11.3 Å². The molecule has 0 unspecified atom stereocenters. The molecular formula is C12H20FN5. The summed E-state index contributed by atoms with van der Waals surface area (Å²) < 4.78 is 12.9. The van der Waals surface area contributed by atoms with Crippen molar-refractivity contribution in [3.8, 4) is 0 Å². The Bertz CT molecular complexity index is 426. The highest BCUT2D eigenvalue weighted by molar-refractivity contribution is 5.82. The Morgan fingerprint density at radius 2 is 2.11 bits per heavy atom. The van der Waals surface area contributed by atoms with Crippen LogP contribution in [0.3, 0.4) is 0 Å². The molecule has 3 N–H and O–H groups in total. The van der Waals surface area contributed by atoms with Gasteiger partial charge in [0.05, 0.1) is 0 Å². The van der Waals surface area contributed by atoms with Gasteiger partial charge in [0, 0.05) is 13.5 Å². The molecule has 0 aliphatic heterocycles. The van der Waals surface area contributed by atoms with E-state index in [1.807, 2.05) is 0 Å². The van der Waals surface area contributed by atoms with E-state index in [2.05, 4.69) is 41.0 Å². The van der Waals surface area contributed by atoms with Crippen molar-refractivity contribution in [2.45, 2.75) is 27.7 Å². The maximum absolute atomic E-state index is 12.9. The van der Waals surface area contributed by atoms with Gasteiger partial charge in [0.2, 0.25) is 0 Å². The Morgan fingerprint density at radius 1 is 1.44 bits per heavy atom. The number of nitrogens with two attached hydrogens (primary N) is 1. The molecule has 0 bridgehead atoms. The van der Waals surface area contributed by atoms with E-state index in [1.165, 1.54) is 13.3 Å². The van der Waals surface area contributed by atoms with Crippen LogP contribution in [0.25, 0.3) is 0 Å². The number of anilines is 2. The average Bonchev–Trinajstić information content (AvgIpc) is 2.28. The number of nitrogen functional groups attached to an aromatic ring is 1. The first-order valence-corrected chi connectivity index (χ1v) is 5.97. The largest absolute Gasteiger partial charge is 0.382 e. The molecule has 0 aromatic carbocycles. The second kappa shape index (κ2) is 6.28. The van der Waals surface area contributed by atoms with Gasteiger partial charge >= 0.3 is 0 Å². The van der Waals surface area contributed by atoms with Gasteiger partial charge in [0.1, 0.15) is 6.33 Å². The predicted molar refractivity (Wildman–Crippen MR) is 72.8 cm³/mol. The summed E-state index contributed by atoms with van der Waals surface area (Å²) in [5.41, 5.74) is 5.93. The van der Waals surface area contributed by atoms with E-state index in [-0.39, 0.29) is 11.5 Å². The summed E-state index contributed by atoms with van der Waals surface area (Å²) in [5.74, 6) is 1.07. The summed E-state index contributed by atoms with van der Waals surface area (Å²) in [7, 11) is 0. The SMILES string of the molecule is C/C(F)=N\c1c(N)ncnc1NC[C@@H](C)C(C)C. The summed E-state index contributed by atoms with van der Waals surface area (Å²) in [5, 5.41) is 3.14. The molecule has 6 heteroatoms. The van der Waals surface area contributed by atoms with Crippen LogP contribution < -0.4 is 11.1 Å². The van der Waals surface area contributed by atoms with Crippen molar-refractivity contribution in [2.24, 2.45) is 16.8 Å². The van der Waals surface area contributed by atoms with E-state index in [4.69, 9.17) is 5.73 Å². The van der Waals surface area contributed by atoms with Gasteiger partial charge in [-0.3, -0.25) is 0 Å². The van der Waals surface area contributed by atoms with Gasteiger partial charge in [-0.15, -0.1) is 0 Å². The molecule has 0 aliphatic carbocycles. The monoisotopic (exact) mass is 253 g/mol. The topological polar surface area (TPSA) is 76.2 Å². The lowest BCUT2D eigenvalue weighted by molar-refractivity contribution is 0.439. The van der Waals surface area contributed by atoms with Gasteiger partial charge < -0.3 is 11.1 Å². The molecule has 100 valence electrons. The Hall–Kier alpha value is -1.72. The second-order valence-electron chi connectivity index (χ2n) is 4.67. The fourth-order valence-electron chi connectivity index (χ4n) is 1.28. The summed E-state index contributed by atoms with van der Waals surface area (Å²) in [6, 6.07) is 0. The zero-order chi connectivity index (χ0) is 13.7. The molecule has 0 spiro atoms. The molecule has 0 radical (unpaired) electrons. The normalized spacial score (nSPS) is 13.8. The zero-order valence-electron chi connectivity index (χ0n) is 11.2. The van der Waals surface area contributed by atoms with Gasteiger partial charge in [-0.1, -0.05) is 20.8 Å². The van der Waals surface area contributed by atoms with Crippen LogP contribution in [0.5, 0.6) is 0 Å². The number of halogens is 1. The van der Waals surface area contributed by atoms with Crippen molar-refractivity contribution < 1.29 is 4.39 Å². The molecule has 18 heavy (non-hydrogen) atoms. The van der Waals surface area contributed by atoms with Crippen LogP contribution in [0.4, 0.5) is 21.7 Å². The Labute approximate surface area is 107 Å². The van der Waals surface area contributed by atoms with Gasteiger partial charge in [0.25, 0.3) is 0 Å². The number of rotatable bonds is 5. The summed E-state index contributed by atoms with van der Waals surface area (Å²) in [4.78, 5) is 11.6. The van der Waals surface area contributed by atoms with Gasteiger partial charge in [-0.25, -0.2) is 15.0 Å². The molecular weight excluding hydrogens is 233 g/mol. The molecule has 0 amide bonds. The minimum Gasteiger partial charge on any atom is -0.382 e. The predicted octanol–water partition coefficient (Wildman–Crippen LogP) is 2.78. The lowest BCUT2D eigenvalue weighted by atomic mass is 9.98. The Kier molecular flexibility index (Phi) is 5.00. The van der Waals surface area contributed by atoms with Gasteiger partial charge in [-0.2, -0.15) is 4.39 Å². The van der Waals surface area contributed by atoms with Gasteiger partial charge in [-0.05, 0) is 11.8 Å². The van der Waals surface area contributed by atoms with E-state index >= 15 is 0 Å². The summed E-state index contributed by atoms with van der Waals surface area (Å²) in [6.07, 6.45) is 1.34. The Morgan fingerprint density at radius 3 is 2.67 bits per heavy atom. The lowest BCUT2D eigenvalue weighted by Crippen LogP contribution is -2.17. The molecule has 0 saturated carbocycles. The molecule has 0 fully saturated rings. The number of hydrogen-bond donors (Lipinski definition) is 2. The van der Waals surface area contributed by atoms with Crippen molar-refractivity contribution >= 4 is 23.3 Å². The van der Waals surface area contributed by atoms with Crippen LogP contribution >= 0.6 is 0 Å². The van der Waals surface area contributed by atoms with Crippen LogP contribution in [0.1, 0.15) is 27.7 Å². The molecule has 0 saturated heterocycles. The van der Waals surface area contributed by atoms with Crippen molar-refractivity contribution in [1.82, 2.24) is 9.97 Å². The zero-order valence-corrected chi connectivity index (χ0v) is 11.2. The first-order chi connectivity index (χ1) is 8.41. The highest BCUT2D eigenvalue weighted by Gasteiger charge is 2.11. The Balaban J connectivity index is 2.89. The molecule has 1 rings (SSSR count). The lowest BCUT2D eigenvalue weighted by Gasteiger charge is -2.17. The van der Waals surface area contributed by atoms with E-state index in [9.17, 15) is 4.39 Å². The number of aromatic nitrogens is 2. The number of nitrogens with zero attached hydrogens (tertiary/aromatic N) is 3. The van der Waals surface area contributed by atoms with Crippen LogP contribution in [0, 0.1) is 11.8 Å². The number of hydrogen-bond acceptors (Lipinski definition) is 5. The molecule has 1 aromatic rings. The third kappa shape index (κ3) is 3.94. The maximum atomic E-state index is 12.9. The minimum absolute atomic E-state index is 0.168. The first-order valence-electron chi connectivity index (χ1n) is 5.97. The highest BCUT2D eigenvalue weighted by atomic mass is 19.1. The second-order valence-corrected chi connectivity index (χ2v) is 4.67. The average molecular weight is 253 g/mol. The summed E-state index contributed by atoms with van der Waals surface area (Å²) in [6.45, 7) is 8.40. The standard InChI is InChI=1S/C12H20FN5/c1-7(2)8(3)5-15-12-10(18-9(4)13)11(14)16-6-17-12/h6-8H,5H2,1-4H3,(H3,14,15,16,17)/b18-9+/t8-/m1/s1. The molecule has 0 aliphatic rings.